The van der Waals surface area contributed by atoms with Crippen molar-refractivity contribution >= 4 is 11.9 Å². The minimum absolute atomic E-state index is 0.224. The molecule has 0 radical (unpaired) electrons. The van der Waals surface area contributed by atoms with Crippen LogP contribution >= 0.6 is 0 Å². The van der Waals surface area contributed by atoms with Crippen molar-refractivity contribution in [1.29, 1.82) is 0 Å². The lowest BCUT2D eigenvalue weighted by molar-refractivity contribution is -0.128. The second kappa shape index (κ2) is 9.88. The number of halogens is 1. The van der Waals surface area contributed by atoms with Crippen molar-refractivity contribution < 1.29 is 9.18 Å². The number of hydrogen-bond donors (Lipinski definition) is 2. The minimum atomic E-state index is -0.224. The highest BCUT2D eigenvalue weighted by molar-refractivity contribution is 5.79. The molecule has 1 aliphatic rings. The highest BCUT2D eigenvalue weighted by Crippen LogP contribution is 2.15. The third-order valence-electron chi connectivity index (χ3n) is 4.74. The molecule has 1 aliphatic heterocycles. The van der Waals surface area contributed by atoms with Gasteiger partial charge in [0.1, 0.15) is 5.82 Å². The van der Waals surface area contributed by atoms with E-state index in [9.17, 15) is 9.18 Å². The Balaban J connectivity index is 1.56. The lowest BCUT2D eigenvalue weighted by Gasteiger charge is -2.15. The van der Waals surface area contributed by atoms with E-state index in [4.69, 9.17) is 0 Å². The van der Waals surface area contributed by atoms with Gasteiger partial charge in [0, 0.05) is 38.2 Å². The molecule has 2 aromatic rings. The van der Waals surface area contributed by atoms with Gasteiger partial charge in [-0.2, -0.15) is 0 Å². The summed E-state index contributed by atoms with van der Waals surface area (Å²) in [6.45, 7) is 5.15. The van der Waals surface area contributed by atoms with Crippen LogP contribution in [-0.4, -0.2) is 29.9 Å². The van der Waals surface area contributed by atoms with Crippen LogP contribution in [0.3, 0.4) is 0 Å². The molecule has 5 nitrogen and oxygen atoms in total. The Hall–Kier alpha value is -2.89. The van der Waals surface area contributed by atoms with Crippen LogP contribution in [0, 0.1) is 5.82 Å². The molecule has 1 heterocycles. The van der Waals surface area contributed by atoms with Crippen LogP contribution in [0.5, 0.6) is 0 Å². The van der Waals surface area contributed by atoms with Crippen LogP contribution in [0.15, 0.2) is 53.5 Å². The zero-order valence-corrected chi connectivity index (χ0v) is 16.2. The fourth-order valence-electron chi connectivity index (χ4n) is 3.17. The van der Waals surface area contributed by atoms with Gasteiger partial charge in [-0.1, -0.05) is 42.5 Å². The van der Waals surface area contributed by atoms with Crippen molar-refractivity contribution in [2.75, 3.05) is 13.1 Å². The van der Waals surface area contributed by atoms with Crippen LogP contribution in [0.4, 0.5) is 4.39 Å². The maximum absolute atomic E-state index is 13.8. The summed E-state index contributed by atoms with van der Waals surface area (Å²) in [5, 5.41) is 6.35. The van der Waals surface area contributed by atoms with Gasteiger partial charge in [0.15, 0.2) is 5.96 Å². The standard InChI is InChI=1S/C22H27FN4O/c1-2-24-22(26-15-19-6-3-4-7-20(19)23)25-14-17-9-11-18(12-10-17)16-27-13-5-8-21(27)28/h3-4,6-7,9-12H,2,5,8,13-16H2,1H3,(H2,24,25,26). The monoisotopic (exact) mass is 382 g/mol. The molecule has 28 heavy (non-hydrogen) atoms. The summed E-state index contributed by atoms with van der Waals surface area (Å²) < 4.78 is 13.8. The predicted octanol–water partition coefficient (Wildman–Crippen LogP) is 3.20. The van der Waals surface area contributed by atoms with E-state index < -0.39 is 0 Å². The fourth-order valence-corrected chi connectivity index (χ4v) is 3.17. The van der Waals surface area contributed by atoms with E-state index in [2.05, 4.69) is 27.8 Å². The molecule has 0 bridgehead atoms. The lowest BCUT2D eigenvalue weighted by Crippen LogP contribution is -2.37. The third-order valence-corrected chi connectivity index (χ3v) is 4.74. The smallest absolute Gasteiger partial charge is 0.222 e. The topological polar surface area (TPSA) is 56.7 Å². The van der Waals surface area contributed by atoms with E-state index in [0.29, 0.717) is 37.6 Å². The summed E-state index contributed by atoms with van der Waals surface area (Å²) in [6.07, 6.45) is 1.62. The van der Waals surface area contributed by atoms with E-state index in [1.165, 1.54) is 6.07 Å². The Morgan fingerprint density at radius 3 is 2.54 bits per heavy atom. The minimum Gasteiger partial charge on any atom is -0.357 e. The van der Waals surface area contributed by atoms with Gasteiger partial charge in [0.05, 0.1) is 6.54 Å². The van der Waals surface area contributed by atoms with Crippen molar-refractivity contribution in [2.24, 2.45) is 4.99 Å². The Kier molecular flexibility index (Phi) is 7.00. The first-order chi connectivity index (χ1) is 13.7. The Morgan fingerprint density at radius 2 is 1.86 bits per heavy atom. The van der Waals surface area contributed by atoms with Gasteiger partial charge in [0.2, 0.25) is 5.91 Å². The van der Waals surface area contributed by atoms with Crippen molar-refractivity contribution in [3.8, 4) is 0 Å². The number of benzene rings is 2. The van der Waals surface area contributed by atoms with Gasteiger partial charge in [0.25, 0.3) is 0 Å². The van der Waals surface area contributed by atoms with Crippen LogP contribution in [0.2, 0.25) is 0 Å². The molecule has 0 aliphatic carbocycles. The van der Waals surface area contributed by atoms with E-state index in [1.807, 2.05) is 30.0 Å². The van der Waals surface area contributed by atoms with Crippen LogP contribution in [0.1, 0.15) is 36.5 Å². The highest BCUT2D eigenvalue weighted by Gasteiger charge is 2.19. The summed E-state index contributed by atoms with van der Waals surface area (Å²) in [5.41, 5.74) is 2.82. The highest BCUT2D eigenvalue weighted by atomic mass is 19.1. The van der Waals surface area contributed by atoms with E-state index in [-0.39, 0.29) is 11.7 Å². The fraction of sp³-hybridized carbons (Fsp3) is 0.364. The van der Waals surface area contributed by atoms with Gasteiger partial charge in [-0.3, -0.25) is 4.79 Å². The summed E-state index contributed by atoms with van der Waals surface area (Å²) in [4.78, 5) is 18.2. The molecule has 1 fully saturated rings. The molecule has 0 atom stereocenters. The van der Waals surface area contributed by atoms with E-state index in [1.54, 1.807) is 12.1 Å². The van der Waals surface area contributed by atoms with E-state index >= 15 is 0 Å². The van der Waals surface area contributed by atoms with Gasteiger partial charge in [-0.15, -0.1) is 0 Å². The second-order valence-corrected chi connectivity index (χ2v) is 6.88. The quantitative estimate of drug-likeness (QED) is 0.571. The molecular weight excluding hydrogens is 355 g/mol. The molecule has 0 spiro atoms. The van der Waals surface area contributed by atoms with E-state index in [0.717, 1.165) is 30.6 Å². The zero-order valence-electron chi connectivity index (χ0n) is 16.2. The molecule has 0 saturated carbocycles. The molecule has 1 amide bonds. The van der Waals surface area contributed by atoms with Gasteiger partial charge in [-0.05, 0) is 30.5 Å². The van der Waals surface area contributed by atoms with Crippen LogP contribution in [0.25, 0.3) is 0 Å². The van der Waals surface area contributed by atoms with Crippen molar-refractivity contribution in [1.82, 2.24) is 15.5 Å². The SMILES string of the molecule is CCNC(=NCc1ccc(CN2CCCC2=O)cc1)NCc1ccccc1F. The largest absolute Gasteiger partial charge is 0.357 e. The molecule has 0 aromatic heterocycles. The number of aliphatic imine (C=N–C) groups is 1. The number of likely N-dealkylation sites (tertiary alicyclic amines) is 1. The molecule has 3 rings (SSSR count). The van der Waals surface area contributed by atoms with Gasteiger partial charge < -0.3 is 15.5 Å². The second-order valence-electron chi connectivity index (χ2n) is 6.88. The molecule has 0 unspecified atom stereocenters. The maximum atomic E-state index is 13.8. The van der Waals surface area contributed by atoms with Crippen molar-refractivity contribution in [3.63, 3.8) is 0 Å². The summed E-state index contributed by atoms with van der Waals surface area (Å²) in [5.74, 6) is 0.667. The number of rotatable bonds is 7. The molecular formula is C22H27FN4O. The normalized spacial score (nSPS) is 14.4. The molecule has 148 valence electrons. The van der Waals surface area contributed by atoms with Gasteiger partial charge >= 0.3 is 0 Å². The number of hydrogen-bond acceptors (Lipinski definition) is 2. The van der Waals surface area contributed by atoms with Gasteiger partial charge in [-0.25, -0.2) is 9.38 Å². The summed E-state index contributed by atoms with van der Waals surface area (Å²) in [7, 11) is 0. The average molecular weight is 382 g/mol. The number of guanidine groups is 1. The molecule has 6 heteroatoms. The molecule has 2 aromatic carbocycles. The first-order valence-corrected chi connectivity index (χ1v) is 9.77. The number of nitrogens with one attached hydrogen (secondary N) is 2. The van der Waals surface area contributed by atoms with Crippen molar-refractivity contribution in [3.05, 3.63) is 71.0 Å². The summed E-state index contributed by atoms with van der Waals surface area (Å²) in [6, 6.07) is 14.9. The molecule has 1 saturated heterocycles. The molecule has 2 N–H and O–H groups in total. The third kappa shape index (κ3) is 5.55. The zero-order chi connectivity index (χ0) is 19.8. The predicted molar refractivity (Wildman–Crippen MR) is 109 cm³/mol. The average Bonchev–Trinajstić information content (AvgIpc) is 3.11. The first-order valence-electron chi connectivity index (χ1n) is 9.77. The Bertz CT molecular complexity index is 820. The van der Waals surface area contributed by atoms with Crippen LogP contribution in [-0.2, 0) is 24.4 Å². The Labute approximate surface area is 165 Å². The van der Waals surface area contributed by atoms with Crippen molar-refractivity contribution in [2.45, 2.75) is 39.4 Å². The lowest BCUT2D eigenvalue weighted by atomic mass is 10.1. The number of carbonyl (C=O) groups excluding carboxylic acids is 1. The van der Waals surface area contributed by atoms with Crippen LogP contribution < -0.4 is 10.6 Å². The maximum Gasteiger partial charge on any atom is 0.222 e. The number of carbonyl (C=O) groups is 1. The Morgan fingerprint density at radius 1 is 1.11 bits per heavy atom. The first kappa shape index (κ1) is 19.9. The number of amides is 1. The summed E-state index contributed by atoms with van der Waals surface area (Å²) >= 11 is 0. The number of nitrogens with zero attached hydrogens (tertiary/aromatic N) is 2.